The van der Waals surface area contributed by atoms with Crippen molar-refractivity contribution in [2.75, 3.05) is 0 Å². The van der Waals surface area contributed by atoms with E-state index in [1.165, 1.54) is 0 Å². The zero-order chi connectivity index (χ0) is 22.0. The maximum atomic E-state index is 13.2. The summed E-state index contributed by atoms with van der Waals surface area (Å²) in [6.07, 6.45) is 3.81. The fraction of sp³-hybridized carbons (Fsp3) is 0.429. The summed E-state index contributed by atoms with van der Waals surface area (Å²) in [4.78, 5) is 50.1. The number of carbonyl (C=O) groups excluding carboxylic acids is 1. The number of carbonyl (C=O) groups is 2. The number of ketones is 1. The quantitative estimate of drug-likeness (QED) is 0.474. The van der Waals surface area contributed by atoms with Crippen LogP contribution in [0.5, 0.6) is 5.88 Å². The summed E-state index contributed by atoms with van der Waals surface area (Å²) in [7, 11) is 0. The smallest absolute Gasteiger partial charge is 0.334 e. The second kappa shape index (κ2) is 8.66. The Kier molecular flexibility index (Phi) is 6.21. The third kappa shape index (κ3) is 3.93. The normalized spacial score (nSPS) is 15.7. The number of hydrogen-bond donors (Lipinski definition) is 3. The van der Waals surface area contributed by atoms with Gasteiger partial charge in [0.15, 0.2) is 6.04 Å². The molecular formula is C21H25N3O6. The second-order valence-electron chi connectivity index (χ2n) is 7.64. The molecule has 1 saturated carbocycles. The highest BCUT2D eigenvalue weighted by molar-refractivity contribution is 6.12. The SMILES string of the molecule is Cc1ccccc1Cn1c(O)c(C(=O)C(N)C(=O)O)c(=O)n(C2CCCCC2)c1=O. The predicted octanol–water partition coefficient (Wildman–Crippen LogP) is 1.17. The van der Waals surface area contributed by atoms with Crippen LogP contribution in [0.1, 0.15) is 59.6 Å². The fourth-order valence-electron chi connectivity index (χ4n) is 3.90. The lowest BCUT2D eigenvalue weighted by Gasteiger charge is -2.25. The molecule has 0 radical (unpaired) electrons. The summed E-state index contributed by atoms with van der Waals surface area (Å²) >= 11 is 0. The molecule has 0 aliphatic heterocycles. The highest BCUT2D eigenvalue weighted by Crippen LogP contribution is 2.27. The summed E-state index contributed by atoms with van der Waals surface area (Å²) in [6.45, 7) is 1.76. The van der Waals surface area contributed by atoms with Crippen LogP contribution in [0.25, 0.3) is 0 Å². The lowest BCUT2D eigenvalue weighted by molar-refractivity contribution is -0.137. The average Bonchev–Trinajstić information content (AvgIpc) is 2.72. The van der Waals surface area contributed by atoms with E-state index < -0.39 is 46.5 Å². The highest BCUT2D eigenvalue weighted by Gasteiger charge is 2.33. The molecule has 1 heterocycles. The maximum absolute atomic E-state index is 13.2. The van der Waals surface area contributed by atoms with Gasteiger partial charge in [-0.05, 0) is 30.9 Å². The molecule has 2 aromatic rings. The first-order valence-corrected chi connectivity index (χ1v) is 9.89. The molecule has 0 amide bonds. The second-order valence-corrected chi connectivity index (χ2v) is 7.64. The number of rotatable bonds is 6. The van der Waals surface area contributed by atoms with E-state index in [4.69, 9.17) is 10.8 Å². The molecule has 3 rings (SSSR count). The van der Waals surface area contributed by atoms with Crippen molar-refractivity contribution < 1.29 is 19.8 Å². The van der Waals surface area contributed by atoms with Gasteiger partial charge in [0.2, 0.25) is 11.7 Å². The van der Waals surface area contributed by atoms with Gasteiger partial charge in [-0.2, -0.15) is 0 Å². The van der Waals surface area contributed by atoms with Crippen molar-refractivity contribution in [2.24, 2.45) is 5.73 Å². The summed E-state index contributed by atoms with van der Waals surface area (Å²) in [5.41, 5.74) is 4.51. The van der Waals surface area contributed by atoms with E-state index in [1.807, 2.05) is 19.1 Å². The Hall–Kier alpha value is -3.20. The summed E-state index contributed by atoms with van der Waals surface area (Å²) in [6, 6.07) is 4.75. The Morgan fingerprint density at radius 1 is 1.17 bits per heavy atom. The van der Waals surface area contributed by atoms with Crippen molar-refractivity contribution in [3.63, 3.8) is 0 Å². The number of aryl methyl sites for hydroxylation is 1. The molecule has 1 aromatic carbocycles. The van der Waals surface area contributed by atoms with Crippen molar-refractivity contribution in [2.45, 2.75) is 57.7 Å². The van der Waals surface area contributed by atoms with Gasteiger partial charge in [-0.1, -0.05) is 43.5 Å². The van der Waals surface area contributed by atoms with E-state index in [9.17, 15) is 24.3 Å². The zero-order valence-electron chi connectivity index (χ0n) is 16.7. The molecule has 4 N–H and O–H groups in total. The van der Waals surface area contributed by atoms with Crippen molar-refractivity contribution >= 4 is 11.8 Å². The van der Waals surface area contributed by atoms with Gasteiger partial charge in [0, 0.05) is 6.04 Å². The molecule has 160 valence electrons. The van der Waals surface area contributed by atoms with Gasteiger partial charge in [-0.15, -0.1) is 0 Å². The Bertz CT molecular complexity index is 1090. The number of aliphatic carboxylic acids is 1. The lowest BCUT2D eigenvalue weighted by Crippen LogP contribution is -2.48. The molecular weight excluding hydrogens is 390 g/mol. The summed E-state index contributed by atoms with van der Waals surface area (Å²) < 4.78 is 1.93. The summed E-state index contributed by atoms with van der Waals surface area (Å²) in [5.74, 6) is -3.71. The van der Waals surface area contributed by atoms with Crippen LogP contribution in [0.15, 0.2) is 33.9 Å². The van der Waals surface area contributed by atoms with E-state index in [2.05, 4.69) is 0 Å². The van der Waals surface area contributed by atoms with Crippen molar-refractivity contribution in [1.82, 2.24) is 9.13 Å². The number of nitrogens with two attached hydrogens (primary N) is 1. The standard InChI is InChI=1S/C21H25N3O6/c1-12-7-5-6-8-13(12)11-23-18(26)15(17(25)16(22)20(28)29)19(27)24(21(23)30)14-9-3-2-4-10-14/h5-8,14,16,26H,2-4,9-11,22H2,1H3,(H,28,29). The van der Waals surface area contributed by atoms with Crippen LogP contribution in [0, 0.1) is 6.92 Å². The molecule has 1 aliphatic carbocycles. The zero-order valence-corrected chi connectivity index (χ0v) is 16.7. The van der Waals surface area contributed by atoms with Crippen LogP contribution in [0.2, 0.25) is 0 Å². The predicted molar refractivity (Wildman–Crippen MR) is 109 cm³/mol. The number of aromatic nitrogens is 2. The van der Waals surface area contributed by atoms with Gasteiger partial charge in [0.1, 0.15) is 5.56 Å². The number of aromatic hydroxyl groups is 1. The molecule has 1 aromatic heterocycles. The van der Waals surface area contributed by atoms with Gasteiger partial charge >= 0.3 is 11.7 Å². The van der Waals surface area contributed by atoms with Gasteiger partial charge in [-0.3, -0.25) is 23.5 Å². The maximum Gasteiger partial charge on any atom is 0.334 e. The molecule has 1 fully saturated rings. The van der Waals surface area contributed by atoms with Crippen LogP contribution in [-0.4, -0.2) is 37.1 Å². The Morgan fingerprint density at radius 2 is 1.80 bits per heavy atom. The first kappa shape index (κ1) is 21.5. The minimum absolute atomic E-state index is 0.0765. The number of nitrogens with zero attached hydrogens (tertiary/aromatic N) is 2. The number of Topliss-reactive ketones (excluding diaryl/α,β-unsaturated/α-hetero) is 1. The van der Waals surface area contributed by atoms with E-state index >= 15 is 0 Å². The van der Waals surface area contributed by atoms with Crippen LogP contribution in [-0.2, 0) is 11.3 Å². The van der Waals surface area contributed by atoms with Crippen molar-refractivity contribution in [3.05, 3.63) is 61.8 Å². The number of hydrogen-bond acceptors (Lipinski definition) is 6. The van der Waals surface area contributed by atoms with Gasteiger partial charge in [0.05, 0.1) is 6.54 Å². The van der Waals surface area contributed by atoms with Crippen LogP contribution in [0.3, 0.4) is 0 Å². The monoisotopic (exact) mass is 415 g/mol. The number of carboxylic acids is 1. The molecule has 1 unspecified atom stereocenters. The van der Waals surface area contributed by atoms with Crippen LogP contribution < -0.4 is 17.0 Å². The first-order chi connectivity index (χ1) is 14.2. The van der Waals surface area contributed by atoms with Gasteiger partial charge < -0.3 is 15.9 Å². The lowest BCUT2D eigenvalue weighted by atomic mass is 9.95. The third-order valence-corrected chi connectivity index (χ3v) is 5.67. The molecule has 0 bridgehead atoms. The van der Waals surface area contributed by atoms with E-state index in [-0.39, 0.29) is 6.54 Å². The highest BCUT2D eigenvalue weighted by atomic mass is 16.4. The molecule has 0 saturated heterocycles. The van der Waals surface area contributed by atoms with E-state index in [1.54, 1.807) is 12.1 Å². The third-order valence-electron chi connectivity index (χ3n) is 5.67. The molecule has 1 atom stereocenters. The first-order valence-electron chi connectivity index (χ1n) is 9.89. The fourth-order valence-corrected chi connectivity index (χ4v) is 3.90. The largest absolute Gasteiger partial charge is 0.494 e. The molecule has 30 heavy (non-hydrogen) atoms. The number of benzene rings is 1. The van der Waals surface area contributed by atoms with E-state index in [0.717, 1.165) is 34.0 Å². The van der Waals surface area contributed by atoms with Gasteiger partial charge in [-0.25, -0.2) is 4.79 Å². The molecule has 0 spiro atoms. The van der Waals surface area contributed by atoms with E-state index in [0.29, 0.717) is 18.4 Å². The summed E-state index contributed by atoms with van der Waals surface area (Å²) in [5, 5.41) is 19.8. The Balaban J connectivity index is 2.25. The van der Waals surface area contributed by atoms with Crippen molar-refractivity contribution in [1.29, 1.82) is 0 Å². The molecule has 9 nitrogen and oxygen atoms in total. The Labute approximate surface area is 172 Å². The van der Waals surface area contributed by atoms with Gasteiger partial charge in [0.25, 0.3) is 5.56 Å². The average molecular weight is 415 g/mol. The minimum Gasteiger partial charge on any atom is -0.494 e. The van der Waals surface area contributed by atoms with Crippen LogP contribution in [0.4, 0.5) is 0 Å². The van der Waals surface area contributed by atoms with Crippen molar-refractivity contribution in [3.8, 4) is 5.88 Å². The molecule has 1 aliphatic rings. The van der Waals surface area contributed by atoms with Crippen LogP contribution >= 0.6 is 0 Å². The number of carboxylic acid groups (broad SMARTS) is 1. The minimum atomic E-state index is -2.02. The topological polar surface area (TPSA) is 145 Å². The Morgan fingerprint density at radius 3 is 2.40 bits per heavy atom. The molecule has 9 heteroatoms.